The molecule has 2 nitrogen and oxygen atoms in total. The van der Waals surface area contributed by atoms with Crippen molar-refractivity contribution < 1.29 is 4.74 Å². The molecule has 2 heterocycles. The molecule has 1 saturated heterocycles. The molecule has 4 rings (SSSR count). The third-order valence-electron chi connectivity index (χ3n) is 4.09. The monoisotopic (exact) mass is 261 g/mol. The zero-order valence-corrected chi connectivity index (χ0v) is 10.9. The quantitative estimate of drug-likeness (QED) is 0.787. The van der Waals surface area contributed by atoms with Crippen LogP contribution in [0.25, 0.3) is 10.8 Å². The predicted octanol–water partition coefficient (Wildman–Crippen LogP) is 2.96. The average Bonchev–Trinajstić information content (AvgIpc) is 2.86. The van der Waals surface area contributed by atoms with E-state index in [1.54, 1.807) is 0 Å². The molecule has 0 aliphatic carbocycles. The van der Waals surface area contributed by atoms with Crippen LogP contribution in [0, 0.1) is 5.92 Å². The summed E-state index contributed by atoms with van der Waals surface area (Å²) < 4.78 is 5.91. The van der Waals surface area contributed by atoms with E-state index < -0.39 is 0 Å². The Morgan fingerprint density at radius 3 is 2.89 bits per heavy atom. The molecule has 0 saturated carbocycles. The van der Waals surface area contributed by atoms with Gasteiger partial charge in [-0.2, -0.15) is 0 Å². The van der Waals surface area contributed by atoms with Crippen LogP contribution in [0.3, 0.4) is 0 Å². The Morgan fingerprint density at radius 1 is 1.06 bits per heavy atom. The van der Waals surface area contributed by atoms with Crippen molar-refractivity contribution >= 4 is 23.2 Å². The summed E-state index contributed by atoms with van der Waals surface area (Å²) in [5.41, 5.74) is 1.42. The minimum absolute atomic E-state index is 0. The SMILES string of the molecule is Cl.c1ccc2c3c(ccc2c1)OC[C@@H]1CNC[C@H]31. The molecule has 2 aromatic rings. The Hall–Kier alpha value is -1.25. The Morgan fingerprint density at radius 2 is 1.94 bits per heavy atom. The molecule has 1 N–H and O–H groups in total. The first-order valence-corrected chi connectivity index (χ1v) is 6.28. The highest BCUT2D eigenvalue weighted by atomic mass is 35.5. The number of ether oxygens (including phenoxy) is 1. The van der Waals surface area contributed by atoms with Crippen molar-refractivity contribution in [3.63, 3.8) is 0 Å². The van der Waals surface area contributed by atoms with Crippen LogP contribution in [0.1, 0.15) is 11.5 Å². The van der Waals surface area contributed by atoms with Crippen LogP contribution in [0.2, 0.25) is 0 Å². The normalized spacial score (nSPS) is 24.9. The molecule has 1 fully saturated rings. The zero-order chi connectivity index (χ0) is 11.2. The van der Waals surface area contributed by atoms with Crippen molar-refractivity contribution in [1.29, 1.82) is 0 Å². The second-order valence-corrected chi connectivity index (χ2v) is 5.03. The van der Waals surface area contributed by atoms with Crippen LogP contribution in [0.5, 0.6) is 5.75 Å². The van der Waals surface area contributed by atoms with Gasteiger partial charge < -0.3 is 10.1 Å². The number of hydrogen-bond donors (Lipinski definition) is 1. The molecule has 3 heteroatoms. The molecule has 0 aromatic heterocycles. The van der Waals surface area contributed by atoms with Crippen molar-refractivity contribution in [3.8, 4) is 5.75 Å². The van der Waals surface area contributed by atoms with Gasteiger partial charge in [0.1, 0.15) is 5.75 Å². The van der Waals surface area contributed by atoms with Crippen molar-refractivity contribution in [2.75, 3.05) is 19.7 Å². The highest BCUT2D eigenvalue weighted by molar-refractivity contribution is 5.88. The fourth-order valence-electron chi connectivity index (χ4n) is 3.23. The lowest BCUT2D eigenvalue weighted by atomic mass is 9.84. The van der Waals surface area contributed by atoms with Gasteiger partial charge in [0.05, 0.1) is 6.61 Å². The van der Waals surface area contributed by atoms with Crippen LogP contribution in [-0.2, 0) is 0 Å². The van der Waals surface area contributed by atoms with Crippen LogP contribution in [-0.4, -0.2) is 19.7 Å². The Bertz CT molecular complexity index is 584. The minimum Gasteiger partial charge on any atom is -0.493 e. The average molecular weight is 262 g/mol. The van der Waals surface area contributed by atoms with Gasteiger partial charge in [-0.3, -0.25) is 0 Å². The van der Waals surface area contributed by atoms with Gasteiger partial charge in [0.2, 0.25) is 0 Å². The summed E-state index contributed by atoms with van der Waals surface area (Å²) >= 11 is 0. The molecular formula is C15H16ClNO. The van der Waals surface area contributed by atoms with Crippen LogP contribution in [0.15, 0.2) is 36.4 Å². The summed E-state index contributed by atoms with van der Waals surface area (Å²) in [5, 5.41) is 6.18. The summed E-state index contributed by atoms with van der Waals surface area (Å²) in [6.45, 7) is 3.05. The van der Waals surface area contributed by atoms with E-state index in [2.05, 4.69) is 41.7 Å². The summed E-state index contributed by atoms with van der Waals surface area (Å²) in [6.07, 6.45) is 0. The van der Waals surface area contributed by atoms with Crippen molar-refractivity contribution in [3.05, 3.63) is 42.0 Å². The fraction of sp³-hybridized carbons (Fsp3) is 0.333. The molecule has 2 atom stereocenters. The first-order valence-electron chi connectivity index (χ1n) is 6.28. The number of nitrogens with one attached hydrogen (secondary N) is 1. The number of rotatable bonds is 0. The van der Waals surface area contributed by atoms with Gasteiger partial charge in [-0.05, 0) is 16.8 Å². The van der Waals surface area contributed by atoms with E-state index in [1.807, 2.05) is 0 Å². The maximum atomic E-state index is 5.91. The third kappa shape index (κ3) is 1.60. The van der Waals surface area contributed by atoms with E-state index >= 15 is 0 Å². The van der Waals surface area contributed by atoms with Gasteiger partial charge in [-0.1, -0.05) is 30.3 Å². The number of benzene rings is 2. The second kappa shape index (κ2) is 4.45. The minimum atomic E-state index is 0. The van der Waals surface area contributed by atoms with Crippen LogP contribution < -0.4 is 10.1 Å². The molecular weight excluding hydrogens is 246 g/mol. The molecule has 18 heavy (non-hydrogen) atoms. The van der Waals surface area contributed by atoms with Gasteiger partial charge in [0.25, 0.3) is 0 Å². The van der Waals surface area contributed by atoms with Crippen LogP contribution in [0.4, 0.5) is 0 Å². The lowest BCUT2D eigenvalue weighted by Gasteiger charge is -2.29. The maximum Gasteiger partial charge on any atom is 0.123 e. The van der Waals surface area contributed by atoms with E-state index in [0.29, 0.717) is 11.8 Å². The molecule has 0 spiro atoms. The highest BCUT2D eigenvalue weighted by Crippen LogP contribution is 2.42. The van der Waals surface area contributed by atoms with E-state index in [4.69, 9.17) is 4.74 Å². The largest absolute Gasteiger partial charge is 0.493 e. The standard InChI is InChI=1S/C15H15NO.ClH/c1-2-4-12-10(3-1)5-6-14-15(12)13-8-16-7-11(13)9-17-14;/h1-6,11,13,16H,7-9H2;1H/t11-,13-;/m0./s1. The van der Waals surface area contributed by atoms with E-state index in [0.717, 1.165) is 25.4 Å². The summed E-state index contributed by atoms with van der Waals surface area (Å²) in [5.74, 6) is 2.37. The molecule has 0 amide bonds. The Balaban J connectivity index is 0.000001000. The van der Waals surface area contributed by atoms with E-state index in [-0.39, 0.29) is 12.4 Å². The zero-order valence-electron chi connectivity index (χ0n) is 10.1. The van der Waals surface area contributed by atoms with Crippen molar-refractivity contribution in [2.45, 2.75) is 5.92 Å². The second-order valence-electron chi connectivity index (χ2n) is 5.03. The van der Waals surface area contributed by atoms with Gasteiger partial charge in [-0.25, -0.2) is 0 Å². The van der Waals surface area contributed by atoms with Gasteiger partial charge in [0.15, 0.2) is 0 Å². The summed E-state index contributed by atoms with van der Waals surface area (Å²) in [7, 11) is 0. The molecule has 2 aromatic carbocycles. The highest BCUT2D eigenvalue weighted by Gasteiger charge is 2.35. The first kappa shape index (κ1) is 11.8. The molecule has 0 unspecified atom stereocenters. The molecule has 2 aliphatic rings. The fourth-order valence-corrected chi connectivity index (χ4v) is 3.23. The van der Waals surface area contributed by atoms with Gasteiger partial charge in [-0.15, -0.1) is 12.4 Å². The predicted molar refractivity (Wildman–Crippen MR) is 75.8 cm³/mol. The molecule has 0 radical (unpaired) electrons. The summed E-state index contributed by atoms with van der Waals surface area (Å²) in [4.78, 5) is 0. The third-order valence-corrected chi connectivity index (χ3v) is 4.09. The Kier molecular flexibility index (Phi) is 2.92. The van der Waals surface area contributed by atoms with Crippen LogP contribution >= 0.6 is 12.4 Å². The topological polar surface area (TPSA) is 21.3 Å². The molecule has 94 valence electrons. The first-order chi connectivity index (χ1) is 8.43. The van der Waals surface area contributed by atoms with E-state index in [1.165, 1.54) is 16.3 Å². The van der Waals surface area contributed by atoms with Gasteiger partial charge >= 0.3 is 0 Å². The molecule has 2 aliphatic heterocycles. The van der Waals surface area contributed by atoms with Crippen molar-refractivity contribution in [2.24, 2.45) is 5.92 Å². The lowest BCUT2D eigenvalue weighted by Crippen LogP contribution is -2.24. The molecule has 0 bridgehead atoms. The lowest BCUT2D eigenvalue weighted by molar-refractivity contribution is 0.221. The number of fused-ring (bicyclic) bond motifs is 5. The number of halogens is 1. The maximum absolute atomic E-state index is 5.91. The number of hydrogen-bond acceptors (Lipinski definition) is 2. The Labute approximate surface area is 113 Å². The smallest absolute Gasteiger partial charge is 0.123 e. The summed E-state index contributed by atoms with van der Waals surface area (Å²) in [6, 6.07) is 12.9. The van der Waals surface area contributed by atoms with Gasteiger partial charge in [0, 0.05) is 30.5 Å². The van der Waals surface area contributed by atoms with Crippen molar-refractivity contribution in [1.82, 2.24) is 5.32 Å². The van der Waals surface area contributed by atoms with E-state index in [9.17, 15) is 0 Å².